The van der Waals surface area contributed by atoms with Crippen molar-refractivity contribution in [3.05, 3.63) is 47.3 Å². The number of ether oxygens (including phenoxy) is 1. The van der Waals surface area contributed by atoms with E-state index in [-0.39, 0.29) is 5.69 Å². The third-order valence-electron chi connectivity index (χ3n) is 3.23. The lowest BCUT2D eigenvalue weighted by molar-refractivity contribution is 0.414. The maximum atomic E-state index is 13.7. The van der Waals surface area contributed by atoms with Crippen LogP contribution in [0.3, 0.4) is 0 Å². The first kappa shape index (κ1) is 12.4. The number of nitrogen functional groups attached to an aromatic ring is 1. The van der Waals surface area contributed by atoms with Gasteiger partial charge in [-0.25, -0.2) is 4.39 Å². The monoisotopic (exact) mass is 245 g/mol. The zero-order chi connectivity index (χ0) is 13.3. The minimum Gasteiger partial charge on any atom is -0.494 e. The molecule has 0 spiro atoms. The van der Waals surface area contributed by atoms with Crippen LogP contribution in [0.25, 0.3) is 11.1 Å². The van der Waals surface area contributed by atoms with Crippen LogP contribution in [0.5, 0.6) is 5.75 Å². The molecule has 0 bridgehead atoms. The van der Waals surface area contributed by atoms with Gasteiger partial charge in [0.1, 0.15) is 11.4 Å². The van der Waals surface area contributed by atoms with Crippen LogP contribution in [0.2, 0.25) is 0 Å². The molecule has 0 aliphatic heterocycles. The summed E-state index contributed by atoms with van der Waals surface area (Å²) in [7, 11) is 1.48. The standard InChI is InChI=1S/C15H16FNO/c1-9-5-4-6-12(10(9)2)11-7-13(16)15(17)14(8-11)18-3/h4-8H,17H2,1-3H3. The Labute approximate surface area is 106 Å². The lowest BCUT2D eigenvalue weighted by atomic mass is 9.96. The summed E-state index contributed by atoms with van der Waals surface area (Å²) in [6.45, 7) is 4.05. The second-order valence-corrected chi connectivity index (χ2v) is 4.32. The summed E-state index contributed by atoms with van der Waals surface area (Å²) in [5, 5.41) is 0. The van der Waals surface area contributed by atoms with Crippen LogP contribution in [0.1, 0.15) is 11.1 Å². The van der Waals surface area contributed by atoms with Crippen molar-refractivity contribution in [2.45, 2.75) is 13.8 Å². The van der Waals surface area contributed by atoms with Gasteiger partial charge in [0.2, 0.25) is 0 Å². The molecule has 0 unspecified atom stereocenters. The molecule has 2 rings (SSSR count). The Morgan fingerprint density at radius 3 is 2.56 bits per heavy atom. The van der Waals surface area contributed by atoms with Gasteiger partial charge in [-0.05, 0) is 48.2 Å². The fourth-order valence-electron chi connectivity index (χ4n) is 1.98. The fourth-order valence-corrected chi connectivity index (χ4v) is 1.98. The van der Waals surface area contributed by atoms with Crippen LogP contribution < -0.4 is 10.5 Å². The van der Waals surface area contributed by atoms with Crippen molar-refractivity contribution in [1.29, 1.82) is 0 Å². The molecule has 0 saturated heterocycles. The number of hydrogen-bond acceptors (Lipinski definition) is 2. The zero-order valence-corrected chi connectivity index (χ0v) is 10.8. The van der Waals surface area contributed by atoms with Gasteiger partial charge in [-0.15, -0.1) is 0 Å². The van der Waals surface area contributed by atoms with Crippen molar-refractivity contribution in [2.75, 3.05) is 12.8 Å². The van der Waals surface area contributed by atoms with E-state index in [1.54, 1.807) is 6.07 Å². The first-order chi connectivity index (χ1) is 8.54. The van der Waals surface area contributed by atoms with E-state index >= 15 is 0 Å². The van der Waals surface area contributed by atoms with E-state index in [0.29, 0.717) is 5.75 Å². The Bertz CT molecular complexity index is 593. The molecular formula is C15H16FNO. The SMILES string of the molecule is COc1cc(-c2cccc(C)c2C)cc(F)c1N. The van der Waals surface area contributed by atoms with E-state index in [4.69, 9.17) is 10.5 Å². The Morgan fingerprint density at radius 2 is 1.89 bits per heavy atom. The molecule has 3 heteroatoms. The van der Waals surface area contributed by atoms with E-state index in [9.17, 15) is 4.39 Å². The summed E-state index contributed by atoms with van der Waals surface area (Å²) in [5.74, 6) is -0.0869. The van der Waals surface area contributed by atoms with Crippen LogP contribution in [0.15, 0.2) is 30.3 Å². The van der Waals surface area contributed by atoms with Crippen molar-refractivity contribution < 1.29 is 9.13 Å². The second kappa shape index (κ2) is 4.69. The molecule has 2 N–H and O–H groups in total. The van der Waals surface area contributed by atoms with Gasteiger partial charge in [-0.3, -0.25) is 0 Å². The van der Waals surface area contributed by atoms with Gasteiger partial charge in [0.05, 0.1) is 7.11 Å². The maximum absolute atomic E-state index is 13.7. The third-order valence-corrected chi connectivity index (χ3v) is 3.23. The second-order valence-electron chi connectivity index (χ2n) is 4.32. The number of methoxy groups -OCH3 is 1. The van der Waals surface area contributed by atoms with E-state index in [1.807, 2.05) is 32.0 Å². The fraction of sp³-hybridized carbons (Fsp3) is 0.200. The predicted molar refractivity (Wildman–Crippen MR) is 72.3 cm³/mol. The van der Waals surface area contributed by atoms with E-state index in [2.05, 4.69) is 0 Å². The molecule has 0 atom stereocenters. The van der Waals surface area contributed by atoms with Crippen LogP contribution in [0, 0.1) is 19.7 Å². The molecule has 0 saturated carbocycles. The highest BCUT2D eigenvalue weighted by Gasteiger charge is 2.11. The van der Waals surface area contributed by atoms with Gasteiger partial charge in [0.25, 0.3) is 0 Å². The Hall–Kier alpha value is -2.03. The number of nitrogens with two attached hydrogens (primary N) is 1. The molecule has 94 valence electrons. The molecule has 0 aliphatic rings. The third kappa shape index (κ3) is 2.04. The minimum atomic E-state index is -0.453. The largest absolute Gasteiger partial charge is 0.494 e. The summed E-state index contributed by atoms with van der Waals surface area (Å²) in [4.78, 5) is 0. The predicted octanol–water partition coefficient (Wildman–Crippen LogP) is 3.70. The number of halogens is 1. The highest BCUT2D eigenvalue weighted by atomic mass is 19.1. The van der Waals surface area contributed by atoms with Crippen molar-refractivity contribution >= 4 is 5.69 Å². The number of rotatable bonds is 2. The molecule has 0 radical (unpaired) electrons. The van der Waals surface area contributed by atoms with Crippen LogP contribution >= 0.6 is 0 Å². The van der Waals surface area contributed by atoms with Crippen molar-refractivity contribution in [2.24, 2.45) is 0 Å². The average Bonchev–Trinajstić information content (AvgIpc) is 2.36. The van der Waals surface area contributed by atoms with Gasteiger partial charge in [0.15, 0.2) is 5.82 Å². The lowest BCUT2D eigenvalue weighted by Gasteiger charge is -2.12. The quantitative estimate of drug-likeness (QED) is 0.819. The first-order valence-electron chi connectivity index (χ1n) is 5.74. The van der Waals surface area contributed by atoms with Crippen molar-refractivity contribution in [1.82, 2.24) is 0 Å². The summed E-state index contributed by atoms with van der Waals surface area (Å²) in [6.07, 6.45) is 0. The number of anilines is 1. The Balaban J connectivity index is 2.64. The van der Waals surface area contributed by atoms with E-state index < -0.39 is 5.82 Å². The molecular weight excluding hydrogens is 229 g/mol. The summed E-state index contributed by atoms with van der Waals surface area (Å²) in [6, 6.07) is 9.16. The van der Waals surface area contributed by atoms with Crippen LogP contribution in [0.4, 0.5) is 10.1 Å². The molecule has 0 amide bonds. The Kier molecular flexibility index (Phi) is 3.24. The highest BCUT2D eigenvalue weighted by Crippen LogP contribution is 2.33. The highest BCUT2D eigenvalue weighted by molar-refractivity contribution is 5.73. The number of benzene rings is 2. The molecule has 2 aromatic rings. The molecule has 0 heterocycles. The normalized spacial score (nSPS) is 10.4. The number of hydrogen-bond donors (Lipinski definition) is 1. The Morgan fingerprint density at radius 1 is 1.17 bits per heavy atom. The van der Waals surface area contributed by atoms with Crippen molar-refractivity contribution in [3.8, 4) is 16.9 Å². The van der Waals surface area contributed by atoms with E-state index in [1.165, 1.54) is 18.7 Å². The topological polar surface area (TPSA) is 35.2 Å². The van der Waals surface area contributed by atoms with Gasteiger partial charge in [-0.2, -0.15) is 0 Å². The molecule has 0 fully saturated rings. The van der Waals surface area contributed by atoms with Crippen LogP contribution in [-0.2, 0) is 0 Å². The van der Waals surface area contributed by atoms with Gasteiger partial charge < -0.3 is 10.5 Å². The zero-order valence-electron chi connectivity index (χ0n) is 10.8. The molecule has 2 aromatic carbocycles. The minimum absolute atomic E-state index is 0.0477. The van der Waals surface area contributed by atoms with Gasteiger partial charge in [0, 0.05) is 0 Å². The van der Waals surface area contributed by atoms with Gasteiger partial charge >= 0.3 is 0 Å². The van der Waals surface area contributed by atoms with E-state index in [0.717, 1.165) is 16.7 Å². The molecule has 2 nitrogen and oxygen atoms in total. The lowest BCUT2D eigenvalue weighted by Crippen LogP contribution is -1.97. The van der Waals surface area contributed by atoms with Gasteiger partial charge in [-0.1, -0.05) is 18.2 Å². The smallest absolute Gasteiger partial charge is 0.150 e. The summed E-state index contributed by atoms with van der Waals surface area (Å²) >= 11 is 0. The summed E-state index contributed by atoms with van der Waals surface area (Å²) in [5.41, 5.74) is 9.72. The summed E-state index contributed by atoms with van der Waals surface area (Å²) < 4.78 is 18.8. The number of aryl methyl sites for hydroxylation is 1. The van der Waals surface area contributed by atoms with Crippen molar-refractivity contribution in [3.63, 3.8) is 0 Å². The maximum Gasteiger partial charge on any atom is 0.150 e. The van der Waals surface area contributed by atoms with Crippen LogP contribution in [-0.4, -0.2) is 7.11 Å². The average molecular weight is 245 g/mol. The molecule has 0 aromatic heterocycles. The molecule has 0 aliphatic carbocycles. The molecule has 18 heavy (non-hydrogen) atoms. The first-order valence-corrected chi connectivity index (χ1v) is 5.74.